The summed E-state index contributed by atoms with van der Waals surface area (Å²) in [5.74, 6) is 0.359. The molecule has 2 rings (SSSR count). The Bertz CT molecular complexity index is 396. The summed E-state index contributed by atoms with van der Waals surface area (Å²) in [5.41, 5.74) is 2.19. The number of hydrogen-bond acceptors (Lipinski definition) is 3. The lowest BCUT2D eigenvalue weighted by Crippen LogP contribution is -2.09. The van der Waals surface area contributed by atoms with Crippen LogP contribution in [0.3, 0.4) is 0 Å². The molecule has 0 unspecified atom stereocenters. The number of carbonyl (C=O) groups is 1. The zero-order valence-corrected chi connectivity index (χ0v) is 8.75. The Morgan fingerprint density at radius 3 is 2.80 bits per heavy atom. The minimum Gasteiger partial charge on any atom is -0.508 e. The third kappa shape index (κ3) is 2.12. The molecule has 0 radical (unpaired) electrons. The summed E-state index contributed by atoms with van der Waals surface area (Å²) in [6.45, 7) is 1.37. The van der Waals surface area contributed by atoms with Gasteiger partial charge in [-0.25, -0.2) is 0 Å². The monoisotopic (exact) mass is 206 g/mol. The van der Waals surface area contributed by atoms with E-state index in [1.165, 1.54) is 13.0 Å². The van der Waals surface area contributed by atoms with Crippen LogP contribution in [0.4, 0.5) is 0 Å². The molecule has 1 aromatic carbocycles. The minimum absolute atomic E-state index is 0.173. The summed E-state index contributed by atoms with van der Waals surface area (Å²) in [4.78, 5) is 10.9. The molecule has 0 aliphatic heterocycles. The number of fused-ring (bicyclic) bond motifs is 1. The fourth-order valence-electron chi connectivity index (χ4n) is 2.06. The van der Waals surface area contributed by atoms with Crippen molar-refractivity contribution >= 4 is 5.97 Å². The Morgan fingerprint density at radius 1 is 1.33 bits per heavy atom. The van der Waals surface area contributed by atoms with E-state index < -0.39 is 0 Å². The van der Waals surface area contributed by atoms with Crippen molar-refractivity contribution in [2.24, 2.45) is 0 Å². The van der Waals surface area contributed by atoms with Crippen LogP contribution in [-0.2, 0) is 17.6 Å². The highest BCUT2D eigenvalue weighted by molar-refractivity contribution is 5.70. The van der Waals surface area contributed by atoms with E-state index in [2.05, 4.69) is 0 Å². The molecule has 15 heavy (non-hydrogen) atoms. The number of esters is 1. The summed E-state index contributed by atoms with van der Waals surface area (Å²) in [7, 11) is 0. The van der Waals surface area contributed by atoms with Crippen molar-refractivity contribution in [1.82, 2.24) is 0 Å². The third-order valence-corrected chi connectivity index (χ3v) is 2.66. The maximum Gasteiger partial charge on any atom is 0.308 e. The van der Waals surface area contributed by atoms with Gasteiger partial charge in [-0.15, -0.1) is 0 Å². The van der Waals surface area contributed by atoms with E-state index in [0.717, 1.165) is 36.8 Å². The third-order valence-electron chi connectivity index (χ3n) is 2.66. The minimum atomic E-state index is -0.339. The molecule has 0 amide bonds. The lowest BCUT2D eigenvalue weighted by atomic mass is 9.91. The fraction of sp³-hybridized carbons (Fsp3) is 0.417. The summed E-state index contributed by atoms with van der Waals surface area (Å²) in [5, 5.41) is 9.49. The van der Waals surface area contributed by atoms with Crippen molar-refractivity contribution in [2.45, 2.75) is 32.6 Å². The van der Waals surface area contributed by atoms with E-state index in [-0.39, 0.29) is 11.7 Å². The molecule has 0 aromatic heterocycles. The quantitative estimate of drug-likeness (QED) is 0.566. The molecule has 0 atom stereocenters. The van der Waals surface area contributed by atoms with E-state index >= 15 is 0 Å². The lowest BCUT2D eigenvalue weighted by molar-refractivity contribution is -0.131. The van der Waals surface area contributed by atoms with Crippen LogP contribution < -0.4 is 4.74 Å². The van der Waals surface area contributed by atoms with Gasteiger partial charge in [-0.3, -0.25) is 4.79 Å². The predicted molar refractivity (Wildman–Crippen MR) is 56.1 cm³/mol. The summed E-state index contributed by atoms with van der Waals surface area (Å²) >= 11 is 0. The maximum atomic E-state index is 10.9. The number of rotatable bonds is 1. The Hall–Kier alpha value is -1.51. The van der Waals surface area contributed by atoms with E-state index in [1.54, 1.807) is 6.07 Å². The van der Waals surface area contributed by atoms with E-state index in [9.17, 15) is 9.90 Å². The molecular formula is C12H14O3. The predicted octanol–water partition coefficient (Wildman–Crippen LogP) is 2.20. The van der Waals surface area contributed by atoms with Crippen LogP contribution in [0.1, 0.15) is 30.9 Å². The van der Waals surface area contributed by atoms with Crippen molar-refractivity contribution in [3.05, 3.63) is 23.3 Å². The standard InChI is InChI=1S/C12H14O3/c1-8(13)15-12-7-10(14)6-9-4-2-3-5-11(9)12/h6-7,14H,2-5H2,1H3. The smallest absolute Gasteiger partial charge is 0.308 e. The molecule has 80 valence electrons. The number of aromatic hydroxyl groups is 1. The molecule has 0 spiro atoms. The molecular weight excluding hydrogens is 192 g/mol. The summed E-state index contributed by atoms with van der Waals surface area (Å²) in [6.07, 6.45) is 4.14. The van der Waals surface area contributed by atoms with Gasteiger partial charge in [0.25, 0.3) is 0 Å². The first-order valence-corrected chi connectivity index (χ1v) is 5.20. The van der Waals surface area contributed by atoms with E-state index in [0.29, 0.717) is 5.75 Å². The van der Waals surface area contributed by atoms with Gasteiger partial charge in [0.1, 0.15) is 11.5 Å². The zero-order chi connectivity index (χ0) is 10.8. The molecule has 3 heteroatoms. The van der Waals surface area contributed by atoms with E-state index in [1.807, 2.05) is 0 Å². The molecule has 0 saturated heterocycles. The Morgan fingerprint density at radius 2 is 2.07 bits per heavy atom. The molecule has 1 aliphatic rings. The van der Waals surface area contributed by atoms with Crippen LogP contribution in [0.2, 0.25) is 0 Å². The highest BCUT2D eigenvalue weighted by Crippen LogP contribution is 2.33. The topological polar surface area (TPSA) is 46.5 Å². The Balaban J connectivity index is 2.43. The number of hydrogen-bond donors (Lipinski definition) is 1. The molecule has 0 saturated carbocycles. The highest BCUT2D eigenvalue weighted by Gasteiger charge is 2.16. The summed E-state index contributed by atoms with van der Waals surface area (Å²) in [6, 6.07) is 3.28. The molecule has 1 N–H and O–H groups in total. The van der Waals surface area contributed by atoms with Gasteiger partial charge in [-0.05, 0) is 42.9 Å². The number of ether oxygens (including phenoxy) is 1. The molecule has 0 fully saturated rings. The van der Waals surface area contributed by atoms with Crippen molar-refractivity contribution in [2.75, 3.05) is 0 Å². The fourth-order valence-corrected chi connectivity index (χ4v) is 2.06. The SMILES string of the molecule is CC(=O)Oc1cc(O)cc2c1CCCC2. The van der Waals surface area contributed by atoms with Gasteiger partial charge in [0.15, 0.2) is 0 Å². The van der Waals surface area contributed by atoms with Crippen LogP contribution in [0, 0.1) is 0 Å². The number of phenols is 1. The van der Waals surface area contributed by atoms with Crippen molar-refractivity contribution < 1.29 is 14.6 Å². The number of benzene rings is 1. The Kier molecular flexibility index (Phi) is 2.62. The lowest BCUT2D eigenvalue weighted by Gasteiger charge is -2.18. The number of aryl methyl sites for hydroxylation is 1. The van der Waals surface area contributed by atoms with Gasteiger partial charge >= 0.3 is 5.97 Å². The first kappa shape index (κ1) is 10.0. The second kappa shape index (κ2) is 3.93. The van der Waals surface area contributed by atoms with Gasteiger partial charge in [-0.1, -0.05) is 0 Å². The zero-order valence-electron chi connectivity index (χ0n) is 8.75. The van der Waals surface area contributed by atoms with Gasteiger partial charge in [0.05, 0.1) is 0 Å². The largest absolute Gasteiger partial charge is 0.508 e. The van der Waals surface area contributed by atoms with Crippen molar-refractivity contribution in [3.8, 4) is 11.5 Å². The highest BCUT2D eigenvalue weighted by atomic mass is 16.5. The normalized spacial score (nSPS) is 14.5. The molecule has 1 aromatic rings. The molecule has 0 heterocycles. The average molecular weight is 206 g/mol. The molecule has 0 bridgehead atoms. The average Bonchev–Trinajstić information content (AvgIpc) is 2.16. The molecule has 1 aliphatic carbocycles. The Labute approximate surface area is 88.7 Å². The second-order valence-electron chi connectivity index (χ2n) is 3.88. The first-order chi connectivity index (χ1) is 7.16. The second-order valence-corrected chi connectivity index (χ2v) is 3.88. The maximum absolute atomic E-state index is 10.9. The van der Waals surface area contributed by atoms with E-state index in [4.69, 9.17) is 4.74 Å². The number of phenolic OH excluding ortho intramolecular Hbond substituents is 1. The van der Waals surface area contributed by atoms with Crippen LogP contribution in [0.15, 0.2) is 12.1 Å². The van der Waals surface area contributed by atoms with Crippen molar-refractivity contribution in [3.63, 3.8) is 0 Å². The van der Waals surface area contributed by atoms with Gasteiger partial charge in [0.2, 0.25) is 0 Å². The summed E-state index contributed by atoms with van der Waals surface area (Å²) < 4.78 is 5.09. The van der Waals surface area contributed by atoms with Crippen LogP contribution in [0.5, 0.6) is 11.5 Å². The first-order valence-electron chi connectivity index (χ1n) is 5.20. The van der Waals surface area contributed by atoms with Crippen LogP contribution in [-0.4, -0.2) is 11.1 Å². The van der Waals surface area contributed by atoms with Crippen molar-refractivity contribution in [1.29, 1.82) is 0 Å². The molecule has 3 nitrogen and oxygen atoms in total. The van der Waals surface area contributed by atoms with Gasteiger partial charge < -0.3 is 9.84 Å². The van der Waals surface area contributed by atoms with Crippen LogP contribution in [0.25, 0.3) is 0 Å². The number of carbonyl (C=O) groups excluding carboxylic acids is 1. The van der Waals surface area contributed by atoms with Gasteiger partial charge in [0, 0.05) is 13.0 Å². The van der Waals surface area contributed by atoms with Gasteiger partial charge in [-0.2, -0.15) is 0 Å². The van der Waals surface area contributed by atoms with Crippen LogP contribution >= 0.6 is 0 Å².